The van der Waals surface area contributed by atoms with Crippen LogP contribution in [0.1, 0.15) is 35.3 Å². The van der Waals surface area contributed by atoms with Crippen molar-refractivity contribution in [2.75, 3.05) is 5.32 Å². The minimum Gasteiger partial charge on any atom is -0.336 e. The van der Waals surface area contributed by atoms with Crippen molar-refractivity contribution < 1.29 is 9.59 Å². The first-order valence-electron chi connectivity index (χ1n) is 9.49. The van der Waals surface area contributed by atoms with Crippen molar-refractivity contribution in [3.8, 4) is 0 Å². The second-order valence-electron chi connectivity index (χ2n) is 7.07. The van der Waals surface area contributed by atoms with Gasteiger partial charge in [0, 0.05) is 42.8 Å². The van der Waals surface area contributed by atoms with Gasteiger partial charge in [0.05, 0.1) is 6.33 Å². The van der Waals surface area contributed by atoms with Gasteiger partial charge >= 0.3 is 6.03 Å². The number of benzene rings is 2. The molecule has 29 heavy (non-hydrogen) atoms. The highest BCUT2D eigenvalue weighted by atomic mass is 16.2. The summed E-state index contributed by atoms with van der Waals surface area (Å²) >= 11 is 0. The van der Waals surface area contributed by atoms with Crippen LogP contribution in [-0.4, -0.2) is 27.5 Å². The number of hydrogen-bond acceptors (Lipinski definition) is 3. The van der Waals surface area contributed by atoms with E-state index in [0.29, 0.717) is 18.7 Å². The van der Waals surface area contributed by atoms with Crippen LogP contribution in [0.4, 0.5) is 10.5 Å². The van der Waals surface area contributed by atoms with Gasteiger partial charge in [0.2, 0.25) is 0 Å². The summed E-state index contributed by atoms with van der Waals surface area (Å²) in [6.45, 7) is 4.90. The maximum absolute atomic E-state index is 12.5. The van der Waals surface area contributed by atoms with Crippen molar-refractivity contribution in [3.05, 3.63) is 83.9 Å². The van der Waals surface area contributed by atoms with Gasteiger partial charge in [0.15, 0.2) is 0 Å². The van der Waals surface area contributed by atoms with Crippen LogP contribution in [-0.2, 0) is 13.1 Å². The zero-order valence-electron chi connectivity index (χ0n) is 16.6. The van der Waals surface area contributed by atoms with Crippen LogP contribution >= 0.6 is 0 Å². The van der Waals surface area contributed by atoms with E-state index < -0.39 is 0 Å². The number of carbonyl (C=O) groups excluding carboxylic acids is 2. The zero-order chi connectivity index (χ0) is 20.6. The molecule has 0 fully saturated rings. The van der Waals surface area contributed by atoms with E-state index in [1.165, 1.54) is 0 Å². The highest BCUT2D eigenvalue weighted by Gasteiger charge is 2.08. The molecule has 0 aliphatic rings. The summed E-state index contributed by atoms with van der Waals surface area (Å²) in [6.07, 6.45) is 5.39. The Hall–Kier alpha value is -3.61. The fourth-order valence-corrected chi connectivity index (χ4v) is 2.81. The Morgan fingerprint density at radius 1 is 1.07 bits per heavy atom. The van der Waals surface area contributed by atoms with Crippen molar-refractivity contribution in [1.82, 2.24) is 20.2 Å². The Morgan fingerprint density at radius 3 is 2.55 bits per heavy atom. The number of amides is 3. The van der Waals surface area contributed by atoms with Gasteiger partial charge in [-0.3, -0.25) is 4.79 Å². The van der Waals surface area contributed by atoms with Gasteiger partial charge in [-0.2, -0.15) is 0 Å². The first-order valence-corrected chi connectivity index (χ1v) is 9.49. The smallest absolute Gasteiger partial charge is 0.315 e. The Bertz CT molecular complexity index is 950. The first-order chi connectivity index (χ1) is 14.0. The number of hydrogen-bond donors (Lipinski definition) is 3. The number of nitrogens with one attached hydrogen (secondary N) is 3. The number of urea groups is 1. The van der Waals surface area contributed by atoms with E-state index in [1.807, 2.05) is 61.0 Å². The Balaban J connectivity index is 1.56. The highest BCUT2D eigenvalue weighted by Crippen LogP contribution is 2.14. The average Bonchev–Trinajstić information content (AvgIpc) is 3.19. The molecule has 0 aliphatic carbocycles. The molecular weight excluding hydrogens is 366 g/mol. The highest BCUT2D eigenvalue weighted by molar-refractivity contribution is 6.04. The summed E-state index contributed by atoms with van der Waals surface area (Å²) < 4.78 is 1.97. The molecule has 3 rings (SSSR count). The minimum atomic E-state index is -0.211. The van der Waals surface area contributed by atoms with Gasteiger partial charge < -0.3 is 20.5 Å². The monoisotopic (exact) mass is 391 g/mol. The van der Waals surface area contributed by atoms with Crippen LogP contribution in [0.15, 0.2) is 67.3 Å². The molecule has 1 aromatic heterocycles. The third-order valence-electron chi connectivity index (χ3n) is 4.20. The summed E-state index contributed by atoms with van der Waals surface area (Å²) in [5, 5.41) is 8.48. The van der Waals surface area contributed by atoms with E-state index in [2.05, 4.69) is 20.9 Å². The molecule has 0 saturated carbocycles. The third kappa shape index (κ3) is 6.21. The molecule has 3 aromatic rings. The second-order valence-corrected chi connectivity index (χ2v) is 7.07. The minimum absolute atomic E-state index is 0.0829. The lowest BCUT2D eigenvalue weighted by Gasteiger charge is -2.11. The molecule has 3 N–H and O–H groups in total. The molecule has 1 heterocycles. The molecule has 7 heteroatoms. The lowest BCUT2D eigenvalue weighted by Crippen LogP contribution is -2.39. The van der Waals surface area contributed by atoms with Gasteiger partial charge in [-0.15, -0.1) is 0 Å². The molecule has 3 amide bonds. The van der Waals surface area contributed by atoms with E-state index in [4.69, 9.17) is 0 Å². The van der Waals surface area contributed by atoms with E-state index >= 15 is 0 Å². The lowest BCUT2D eigenvalue weighted by molar-refractivity contribution is 0.102. The summed E-state index contributed by atoms with van der Waals surface area (Å²) in [7, 11) is 0. The molecule has 150 valence electrons. The number of rotatable bonds is 7. The molecule has 7 nitrogen and oxygen atoms in total. The number of anilines is 1. The zero-order valence-corrected chi connectivity index (χ0v) is 16.6. The predicted octanol–water partition coefficient (Wildman–Crippen LogP) is 3.39. The van der Waals surface area contributed by atoms with E-state index in [-0.39, 0.29) is 18.0 Å². The summed E-state index contributed by atoms with van der Waals surface area (Å²) in [5.74, 6) is -0.179. The van der Waals surface area contributed by atoms with E-state index in [0.717, 1.165) is 16.8 Å². The lowest BCUT2D eigenvalue weighted by atomic mass is 10.1. The normalized spacial score (nSPS) is 10.6. The second kappa shape index (κ2) is 9.54. The maximum Gasteiger partial charge on any atom is 0.315 e. The number of carbonyl (C=O) groups is 2. The third-order valence-corrected chi connectivity index (χ3v) is 4.20. The number of nitrogens with zero attached hydrogens (tertiary/aromatic N) is 2. The molecule has 0 unspecified atom stereocenters. The Kier molecular flexibility index (Phi) is 6.63. The van der Waals surface area contributed by atoms with Gasteiger partial charge in [-0.1, -0.05) is 24.3 Å². The van der Waals surface area contributed by atoms with Crippen LogP contribution in [0.2, 0.25) is 0 Å². The molecule has 0 spiro atoms. The average molecular weight is 391 g/mol. The molecule has 0 radical (unpaired) electrons. The molecular formula is C22H25N5O2. The largest absolute Gasteiger partial charge is 0.336 e. The Labute approximate surface area is 170 Å². The van der Waals surface area contributed by atoms with Gasteiger partial charge in [0.1, 0.15) is 0 Å². The molecule has 0 aliphatic heterocycles. The quantitative estimate of drug-likeness (QED) is 0.577. The van der Waals surface area contributed by atoms with Crippen molar-refractivity contribution >= 4 is 17.6 Å². The van der Waals surface area contributed by atoms with Crippen molar-refractivity contribution in [2.24, 2.45) is 0 Å². The summed E-state index contributed by atoms with van der Waals surface area (Å²) in [6, 6.07) is 14.8. The van der Waals surface area contributed by atoms with Gasteiger partial charge in [0.25, 0.3) is 5.91 Å². The summed E-state index contributed by atoms with van der Waals surface area (Å²) in [5.41, 5.74) is 3.29. The van der Waals surface area contributed by atoms with Crippen LogP contribution in [0.25, 0.3) is 0 Å². The van der Waals surface area contributed by atoms with Crippen molar-refractivity contribution in [2.45, 2.75) is 33.0 Å². The van der Waals surface area contributed by atoms with Crippen molar-refractivity contribution in [3.63, 3.8) is 0 Å². The maximum atomic E-state index is 12.5. The SMILES string of the molecule is CC(C)NC(=O)NCc1ccc(C(=O)Nc2cccc(Cn3ccnc3)c2)cc1. The molecule has 2 aromatic carbocycles. The topological polar surface area (TPSA) is 88.0 Å². The molecule has 0 saturated heterocycles. The van der Waals surface area contributed by atoms with Gasteiger partial charge in [-0.25, -0.2) is 9.78 Å². The fourth-order valence-electron chi connectivity index (χ4n) is 2.81. The molecule has 0 atom stereocenters. The summed E-state index contributed by atoms with van der Waals surface area (Å²) in [4.78, 5) is 28.2. The standard InChI is InChI=1S/C22H25N5O2/c1-16(2)25-22(29)24-13-17-6-8-19(9-7-17)21(28)26-20-5-3-4-18(12-20)14-27-11-10-23-15-27/h3-12,15-16H,13-14H2,1-2H3,(H,26,28)(H2,24,25,29). The number of imidazole rings is 1. The van der Waals surface area contributed by atoms with Crippen molar-refractivity contribution in [1.29, 1.82) is 0 Å². The Morgan fingerprint density at radius 2 is 1.86 bits per heavy atom. The predicted molar refractivity (Wildman–Crippen MR) is 113 cm³/mol. The van der Waals surface area contributed by atoms with Crippen LogP contribution in [0.3, 0.4) is 0 Å². The van der Waals surface area contributed by atoms with E-state index in [9.17, 15) is 9.59 Å². The van der Waals surface area contributed by atoms with Gasteiger partial charge in [-0.05, 0) is 49.2 Å². The fraction of sp³-hybridized carbons (Fsp3) is 0.227. The first kappa shape index (κ1) is 20.1. The molecule has 0 bridgehead atoms. The van der Waals surface area contributed by atoms with Crippen LogP contribution in [0, 0.1) is 0 Å². The number of aromatic nitrogens is 2. The van der Waals surface area contributed by atoms with Crippen LogP contribution < -0.4 is 16.0 Å². The van der Waals surface area contributed by atoms with Crippen LogP contribution in [0.5, 0.6) is 0 Å². The van der Waals surface area contributed by atoms with E-state index in [1.54, 1.807) is 24.7 Å².